The minimum Gasteiger partial charge on any atom is -0.496 e. The van der Waals surface area contributed by atoms with Crippen LogP contribution >= 0.6 is 0 Å². The second-order valence-electron chi connectivity index (χ2n) is 5.96. The fraction of sp³-hybridized carbons (Fsp3) is 0.600. The van der Waals surface area contributed by atoms with Gasteiger partial charge in [-0.2, -0.15) is 0 Å². The summed E-state index contributed by atoms with van der Waals surface area (Å²) in [5, 5.41) is 9.95. The number of aliphatic hydroxyl groups excluding tert-OH is 1. The van der Waals surface area contributed by atoms with E-state index in [0.717, 1.165) is 25.1 Å². The summed E-state index contributed by atoms with van der Waals surface area (Å²) in [7, 11) is 1.60. The van der Waals surface area contributed by atoms with Gasteiger partial charge >= 0.3 is 0 Å². The first kappa shape index (κ1) is 14.3. The molecule has 1 aliphatic rings. The van der Waals surface area contributed by atoms with E-state index in [2.05, 4.69) is 18.7 Å². The zero-order valence-corrected chi connectivity index (χ0v) is 11.8. The van der Waals surface area contributed by atoms with Crippen molar-refractivity contribution in [2.75, 3.05) is 20.2 Å². The number of halogens is 1. The summed E-state index contributed by atoms with van der Waals surface area (Å²) < 4.78 is 18.6. The molecule has 0 bridgehead atoms. The third kappa shape index (κ3) is 3.25. The van der Waals surface area contributed by atoms with Gasteiger partial charge in [-0.25, -0.2) is 4.39 Å². The number of rotatable bonds is 3. The topological polar surface area (TPSA) is 32.7 Å². The second-order valence-corrected chi connectivity index (χ2v) is 5.96. The summed E-state index contributed by atoms with van der Waals surface area (Å²) in [6, 6.07) is 4.59. The Balaban J connectivity index is 2.11. The number of hydrogen-bond donors (Lipinski definition) is 1. The monoisotopic (exact) mass is 267 g/mol. The first-order chi connectivity index (χ1) is 8.92. The minimum atomic E-state index is -0.266. The van der Waals surface area contributed by atoms with Gasteiger partial charge in [0, 0.05) is 30.6 Å². The van der Waals surface area contributed by atoms with Gasteiger partial charge in [-0.3, -0.25) is 4.90 Å². The maximum atomic E-state index is 13.3. The Kier molecular flexibility index (Phi) is 4.11. The number of likely N-dealkylation sites (tertiary alicyclic amines) is 1. The number of hydrogen-bond acceptors (Lipinski definition) is 3. The predicted molar refractivity (Wildman–Crippen MR) is 72.6 cm³/mol. The Morgan fingerprint density at radius 3 is 2.84 bits per heavy atom. The predicted octanol–water partition coefficient (Wildman–Crippen LogP) is 2.43. The van der Waals surface area contributed by atoms with Crippen LogP contribution in [0.1, 0.15) is 25.8 Å². The molecule has 0 aromatic heterocycles. The molecule has 2 rings (SSSR count). The Bertz CT molecular complexity index is 448. The zero-order chi connectivity index (χ0) is 14.0. The van der Waals surface area contributed by atoms with Gasteiger partial charge in [0.15, 0.2) is 0 Å². The molecule has 19 heavy (non-hydrogen) atoms. The molecule has 0 saturated carbocycles. The van der Waals surface area contributed by atoms with Crippen LogP contribution in [0.5, 0.6) is 5.75 Å². The molecule has 1 saturated heterocycles. The molecule has 1 fully saturated rings. The van der Waals surface area contributed by atoms with E-state index in [1.54, 1.807) is 13.2 Å². The molecule has 3 nitrogen and oxygen atoms in total. The van der Waals surface area contributed by atoms with Crippen LogP contribution in [0.25, 0.3) is 0 Å². The van der Waals surface area contributed by atoms with Crippen molar-refractivity contribution in [2.24, 2.45) is 5.41 Å². The van der Waals surface area contributed by atoms with Gasteiger partial charge in [0.1, 0.15) is 11.6 Å². The van der Waals surface area contributed by atoms with Gasteiger partial charge in [-0.15, -0.1) is 0 Å². The minimum absolute atomic E-state index is 0.126. The molecular weight excluding hydrogens is 245 g/mol. The highest BCUT2D eigenvalue weighted by atomic mass is 19.1. The smallest absolute Gasteiger partial charge is 0.123 e. The number of methoxy groups -OCH3 is 1. The molecule has 0 spiro atoms. The van der Waals surface area contributed by atoms with Gasteiger partial charge in [0.25, 0.3) is 0 Å². The van der Waals surface area contributed by atoms with E-state index in [4.69, 9.17) is 4.74 Å². The normalized spacial score (nSPS) is 23.3. The molecule has 0 amide bonds. The average Bonchev–Trinajstić information content (AvgIpc) is 2.34. The summed E-state index contributed by atoms with van der Waals surface area (Å²) in [5.74, 6) is 0.470. The molecule has 1 unspecified atom stereocenters. The van der Waals surface area contributed by atoms with E-state index in [9.17, 15) is 9.50 Å². The number of piperidine rings is 1. The van der Waals surface area contributed by atoms with Crippen LogP contribution in [0.4, 0.5) is 4.39 Å². The summed E-state index contributed by atoms with van der Waals surface area (Å²) in [5.41, 5.74) is 0.730. The van der Waals surface area contributed by atoms with Crippen LogP contribution in [-0.4, -0.2) is 36.3 Å². The fourth-order valence-corrected chi connectivity index (χ4v) is 2.70. The van der Waals surface area contributed by atoms with Gasteiger partial charge in [-0.05, 0) is 24.6 Å². The first-order valence-corrected chi connectivity index (χ1v) is 6.65. The lowest BCUT2D eigenvalue weighted by Crippen LogP contribution is -2.48. The number of nitrogens with zero attached hydrogens (tertiary/aromatic N) is 1. The van der Waals surface area contributed by atoms with Crippen LogP contribution in [0.3, 0.4) is 0 Å². The third-order valence-corrected chi connectivity index (χ3v) is 3.89. The second kappa shape index (κ2) is 5.47. The first-order valence-electron chi connectivity index (χ1n) is 6.65. The number of aliphatic hydroxyl groups is 1. The lowest BCUT2D eigenvalue weighted by atomic mass is 9.81. The van der Waals surface area contributed by atoms with Crippen LogP contribution < -0.4 is 4.74 Å². The van der Waals surface area contributed by atoms with Crippen LogP contribution in [-0.2, 0) is 6.54 Å². The standard InChI is InChI=1S/C15H22FNO2/c1-15(2)10-17(7-6-14(15)18)9-11-8-12(16)4-5-13(11)19-3/h4-5,8,14,18H,6-7,9-10H2,1-3H3. The molecule has 0 aliphatic carbocycles. The number of benzene rings is 1. The summed E-state index contributed by atoms with van der Waals surface area (Å²) >= 11 is 0. The van der Waals surface area contributed by atoms with Gasteiger partial charge in [-0.1, -0.05) is 13.8 Å². The molecule has 1 N–H and O–H groups in total. The molecule has 106 valence electrons. The van der Waals surface area contributed by atoms with E-state index in [1.807, 2.05) is 0 Å². The maximum absolute atomic E-state index is 13.3. The Morgan fingerprint density at radius 2 is 2.21 bits per heavy atom. The average molecular weight is 267 g/mol. The lowest BCUT2D eigenvalue weighted by molar-refractivity contribution is -0.0271. The fourth-order valence-electron chi connectivity index (χ4n) is 2.70. The van der Waals surface area contributed by atoms with Gasteiger partial charge in [0.2, 0.25) is 0 Å². The Hall–Kier alpha value is -1.13. The molecule has 1 heterocycles. The largest absolute Gasteiger partial charge is 0.496 e. The van der Waals surface area contributed by atoms with Crippen LogP contribution in [0.15, 0.2) is 18.2 Å². The van der Waals surface area contributed by atoms with Crippen molar-refractivity contribution in [3.05, 3.63) is 29.6 Å². The van der Waals surface area contributed by atoms with Crippen molar-refractivity contribution in [2.45, 2.75) is 32.9 Å². The highest BCUT2D eigenvalue weighted by Gasteiger charge is 2.34. The van der Waals surface area contributed by atoms with Crippen molar-refractivity contribution in [3.8, 4) is 5.75 Å². The van der Waals surface area contributed by atoms with Crippen LogP contribution in [0.2, 0.25) is 0 Å². The molecule has 4 heteroatoms. The lowest BCUT2D eigenvalue weighted by Gasteiger charge is -2.41. The molecule has 1 atom stereocenters. The van der Waals surface area contributed by atoms with Crippen molar-refractivity contribution >= 4 is 0 Å². The quantitative estimate of drug-likeness (QED) is 0.913. The van der Waals surface area contributed by atoms with E-state index in [0.29, 0.717) is 12.3 Å². The maximum Gasteiger partial charge on any atom is 0.123 e. The summed E-state index contributed by atoms with van der Waals surface area (Å²) in [4.78, 5) is 2.24. The van der Waals surface area contributed by atoms with E-state index < -0.39 is 0 Å². The van der Waals surface area contributed by atoms with Crippen LogP contribution in [0, 0.1) is 11.2 Å². The molecule has 0 radical (unpaired) electrons. The van der Waals surface area contributed by atoms with Gasteiger partial charge < -0.3 is 9.84 Å². The van der Waals surface area contributed by atoms with Gasteiger partial charge in [0.05, 0.1) is 13.2 Å². The van der Waals surface area contributed by atoms with E-state index >= 15 is 0 Å². The molecule has 1 aromatic rings. The summed E-state index contributed by atoms with van der Waals surface area (Å²) in [6.45, 7) is 6.40. The number of ether oxygens (including phenoxy) is 1. The van der Waals surface area contributed by atoms with E-state index in [-0.39, 0.29) is 17.3 Å². The van der Waals surface area contributed by atoms with Crippen molar-refractivity contribution in [1.29, 1.82) is 0 Å². The summed E-state index contributed by atoms with van der Waals surface area (Å²) in [6.07, 6.45) is 0.489. The molecule has 1 aromatic carbocycles. The van der Waals surface area contributed by atoms with Crippen molar-refractivity contribution < 1.29 is 14.2 Å². The zero-order valence-electron chi connectivity index (χ0n) is 11.8. The highest BCUT2D eigenvalue weighted by Crippen LogP contribution is 2.31. The molecular formula is C15H22FNO2. The van der Waals surface area contributed by atoms with E-state index in [1.165, 1.54) is 12.1 Å². The molecule has 1 aliphatic heterocycles. The van der Waals surface area contributed by atoms with Crippen molar-refractivity contribution in [3.63, 3.8) is 0 Å². The Labute approximate surface area is 114 Å². The highest BCUT2D eigenvalue weighted by molar-refractivity contribution is 5.33. The van der Waals surface area contributed by atoms with Crippen molar-refractivity contribution in [1.82, 2.24) is 4.90 Å². The SMILES string of the molecule is COc1ccc(F)cc1CN1CCC(O)C(C)(C)C1. The Morgan fingerprint density at radius 1 is 1.47 bits per heavy atom. The third-order valence-electron chi connectivity index (χ3n) is 3.89.